The summed E-state index contributed by atoms with van der Waals surface area (Å²) >= 11 is 0. The molecule has 0 heterocycles. The van der Waals surface area contributed by atoms with Gasteiger partial charge in [-0.1, -0.05) is 13.0 Å². The van der Waals surface area contributed by atoms with E-state index in [2.05, 4.69) is 19.2 Å². The van der Waals surface area contributed by atoms with E-state index in [1.54, 1.807) is 0 Å². The van der Waals surface area contributed by atoms with Crippen molar-refractivity contribution in [3.8, 4) is 5.75 Å². The lowest BCUT2D eigenvalue weighted by Gasteiger charge is -2.28. The Bertz CT molecular complexity index is 473. The Kier molecular flexibility index (Phi) is 6.69. The molecule has 1 aromatic carbocycles. The molecular formula is C17H27NO3. The van der Waals surface area contributed by atoms with Gasteiger partial charge in [0.1, 0.15) is 11.3 Å². The van der Waals surface area contributed by atoms with Crippen LogP contribution in [0.25, 0.3) is 0 Å². The van der Waals surface area contributed by atoms with Gasteiger partial charge in [0, 0.05) is 6.42 Å². The fourth-order valence-corrected chi connectivity index (χ4v) is 2.12. The van der Waals surface area contributed by atoms with Crippen LogP contribution in [0.15, 0.2) is 18.2 Å². The Morgan fingerprint density at radius 3 is 2.52 bits per heavy atom. The zero-order chi connectivity index (χ0) is 15.9. The Morgan fingerprint density at radius 2 is 1.95 bits per heavy atom. The molecule has 21 heavy (non-hydrogen) atoms. The number of carbonyl (C=O) groups is 1. The number of rotatable bonds is 8. The van der Waals surface area contributed by atoms with Crippen molar-refractivity contribution in [2.45, 2.75) is 46.6 Å². The van der Waals surface area contributed by atoms with Gasteiger partial charge >= 0.3 is 5.97 Å². The molecule has 0 radical (unpaired) electrons. The molecule has 4 nitrogen and oxygen atoms in total. The first-order valence-electron chi connectivity index (χ1n) is 7.55. The molecule has 0 saturated heterocycles. The highest BCUT2D eigenvalue weighted by Crippen LogP contribution is 2.18. The topological polar surface area (TPSA) is 47.6 Å². The van der Waals surface area contributed by atoms with Gasteiger partial charge in [0.05, 0.1) is 13.2 Å². The number of ether oxygens (including phenoxy) is 2. The number of hydrogen-bond donors (Lipinski definition) is 1. The van der Waals surface area contributed by atoms with Crippen LogP contribution in [0, 0.1) is 13.8 Å². The number of carbonyl (C=O) groups excluding carboxylic acids is 1. The summed E-state index contributed by atoms with van der Waals surface area (Å²) in [6.45, 7) is 11.3. The Hall–Kier alpha value is -1.55. The third kappa shape index (κ3) is 5.05. The second-order valence-corrected chi connectivity index (χ2v) is 5.43. The minimum absolute atomic E-state index is 0.226. The summed E-state index contributed by atoms with van der Waals surface area (Å²) in [6, 6.07) is 6.01. The first kappa shape index (κ1) is 17.5. The molecule has 0 aliphatic heterocycles. The minimum Gasteiger partial charge on any atom is -0.493 e. The van der Waals surface area contributed by atoms with Crippen LogP contribution in [0.4, 0.5) is 0 Å². The molecule has 118 valence electrons. The van der Waals surface area contributed by atoms with Crippen LogP contribution in [0.5, 0.6) is 5.75 Å². The van der Waals surface area contributed by atoms with E-state index in [0.717, 1.165) is 5.75 Å². The van der Waals surface area contributed by atoms with Crippen LogP contribution in [-0.2, 0) is 9.53 Å². The molecule has 0 saturated carbocycles. The van der Waals surface area contributed by atoms with E-state index in [-0.39, 0.29) is 5.97 Å². The SMILES string of the molecule is CCNC(C)(CCOc1ccc(C)c(C)c1)C(=O)OCC. The maximum absolute atomic E-state index is 12.1. The second-order valence-electron chi connectivity index (χ2n) is 5.43. The molecule has 0 fully saturated rings. The molecule has 1 N–H and O–H groups in total. The van der Waals surface area contributed by atoms with Crippen LogP contribution in [0.1, 0.15) is 38.3 Å². The molecule has 0 amide bonds. The summed E-state index contributed by atoms with van der Waals surface area (Å²) in [5.74, 6) is 0.608. The quantitative estimate of drug-likeness (QED) is 0.749. The van der Waals surface area contributed by atoms with Crippen LogP contribution >= 0.6 is 0 Å². The third-order valence-corrected chi connectivity index (χ3v) is 3.64. The average molecular weight is 293 g/mol. The van der Waals surface area contributed by atoms with Crippen LogP contribution in [-0.4, -0.2) is 31.3 Å². The maximum Gasteiger partial charge on any atom is 0.326 e. The summed E-state index contributed by atoms with van der Waals surface area (Å²) in [4.78, 5) is 12.1. The lowest BCUT2D eigenvalue weighted by molar-refractivity contribution is -0.151. The third-order valence-electron chi connectivity index (χ3n) is 3.64. The van der Waals surface area contributed by atoms with E-state index >= 15 is 0 Å². The number of likely N-dealkylation sites (N-methyl/N-ethyl adjacent to an activating group) is 1. The van der Waals surface area contributed by atoms with Gasteiger partial charge in [-0.15, -0.1) is 0 Å². The molecule has 0 aliphatic rings. The van der Waals surface area contributed by atoms with Crippen molar-refractivity contribution in [3.63, 3.8) is 0 Å². The zero-order valence-corrected chi connectivity index (χ0v) is 13.8. The van der Waals surface area contributed by atoms with Gasteiger partial charge < -0.3 is 14.8 Å². The van der Waals surface area contributed by atoms with Gasteiger partial charge in [-0.3, -0.25) is 4.79 Å². The van der Waals surface area contributed by atoms with Crippen molar-refractivity contribution >= 4 is 5.97 Å². The maximum atomic E-state index is 12.1. The number of hydrogen-bond acceptors (Lipinski definition) is 4. The number of nitrogens with one attached hydrogen (secondary N) is 1. The van der Waals surface area contributed by atoms with Gasteiger partial charge in [-0.25, -0.2) is 0 Å². The van der Waals surface area contributed by atoms with Gasteiger partial charge in [-0.05, 0) is 57.5 Å². The molecule has 4 heteroatoms. The minimum atomic E-state index is -0.704. The van der Waals surface area contributed by atoms with Crippen molar-refractivity contribution in [1.82, 2.24) is 5.32 Å². The lowest BCUT2D eigenvalue weighted by Crippen LogP contribution is -2.51. The van der Waals surface area contributed by atoms with Crippen molar-refractivity contribution in [2.75, 3.05) is 19.8 Å². The molecule has 1 aromatic rings. The average Bonchev–Trinajstić information content (AvgIpc) is 2.43. The molecule has 1 atom stereocenters. The lowest BCUT2D eigenvalue weighted by atomic mass is 9.98. The Morgan fingerprint density at radius 1 is 1.24 bits per heavy atom. The van der Waals surface area contributed by atoms with Crippen LogP contribution in [0.3, 0.4) is 0 Å². The Balaban J connectivity index is 2.60. The summed E-state index contributed by atoms with van der Waals surface area (Å²) in [5, 5.41) is 3.20. The summed E-state index contributed by atoms with van der Waals surface area (Å²) in [7, 11) is 0. The number of esters is 1. The molecule has 0 aromatic heterocycles. The van der Waals surface area contributed by atoms with Gasteiger partial charge in [0.15, 0.2) is 0 Å². The normalized spacial score (nSPS) is 13.6. The van der Waals surface area contributed by atoms with Gasteiger partial charge in [-0.2, -0.15) is 0 Å². The van der Waals surface area contributed by atoms with E-state index in [9.17, 15) is 4.79 Å². The highest BCUT2D eigenvalue weighted by atomic mass is 16.5. The van der Waals surface area contributed by atoms with E-state index in [1.807, 2.05) is 39.0 Å². The van der Waals surface area contributed by atoms with Crippen molar-refractivity contribution in [3.05, 3.63) is 29.3 Å². The Labute approximate surface area is 127 Å². The first-order chi connectivity index (χ1) is 9.92. The highest BCUT2D eigenvalue weighted by molar-refractivity contribution is 5.80. The summed E-state index contributed by atoms with van der Waals surface area (Å²) in [5.41, 5.74) is 1.74. The number of benzene rings is 1. The van der Waals surface area contributed by atoms with Crippen molar-refractivity contribution in [1.29, 1.82) is 0 Å². The molecule has 1 rings (SSSR count). The smallest absolute Gasteiger partial charge is 0.326 e. The van der Waals surface area contributed by atoms with E-state index in [4.69, 9.17) is 9.47 Å². The predicted molar refractivity (Wildman–Crippen MR) is 84.7 cm³/mol. The molecule has 0 bridgehead atoms. The summed E-state index contributed by atoms with van der Waals surface area (Å²) in [6.07, 6.45) is 0.562. The largest absolute Gasteiger partial charge is 0.493 e. The first-order valence-corrected chi connectivity index (χ1v) is 7.55. The fourth-order valence-electron chi connectivity index (χ4n) is 2.12. The van der Waals surface area contributed by atoms with E-state index in [0.29, 0.717) is 26.2 Å². The second kappa shape index (κ2) is 8.03. The van der Waals surface area contributed by atoms with Crippen LogP contribution < -0.4 is 10.1 Å². The molecule has 0 spiro atoms. The highest BCUT2D eigenvalue weighted by Gasteiger charge is 2.33. The van der Waals surface area contributed by atoms with Gasteiger partial charge in [0.25, 0.3) is 0 Å². The number of aryl methyl sites for hydroxylation is 2. The van der Waals surface area contributed by atoms with Gasteiger partial charge in [0.2, 0.25) is 0 Å². The fraction of sp³-hybridized carbons (Fsp3) is 0.588. The molecule has 0 aliphatic carbocycles. The van der Waals surface area contributed by atoms with Crippen molar-refractivity contribution in [2.24, 2.45) is 0 Å². The monoisotopic (exact) mass is 293 g/mol. The van der Waals surface area contributed by atoms with Crippen molar-refractivity contribution < 1.29 is 14.3 Å². The molecule has 1 unspecified atom stereocenters. The predicted octanol–water partition coefficient (Wildman–Crippen LogP) is 3.00. The standard InChI is InChI=1S/C17H27NO3/c1-6-18-17(5,16(19)20-7-2)10-11-21-15-9-8-13(3)14(4)12-15/h8-9,12,18H,6-7,10-11H2,1-5H3. The van der Waals surface area contributed by atoms with Crippen LogP contribution in [0.2, 0.25) is 0 Å². The molecular weight excluding hydrogens is 266 g/mol. The zero-order valence-electron chi connectivity index (χ0n) is 13.8. The van der Waals surface area contributed by atoms with E-state index in [1.165, 1.54) is 11.1 Å². The van der Waals surface area contributed by atoms with E-state index < -0.39 is 5.54 Å². The summed E-state index contributed by atoms with van der Waals surface area (Å²) < 4.78 is 10.9.